The third kappa shape index (κ3) is 6.15. The van der Waals surface area contributed by atoms with Gasteiger partial charge in [-0.05, 0) is 70.7 Å². The zero-order valence-corrected chi connectivity index (χ0v) is 20.7. The summed E-state index contributed by atoms with van der Waals surface area (Å²) in [5.74, 6) is 0.160. The van der Waals surface area contributed by atoms with E-state index in [0.29, 0.717) is 28.7 Å². The number of likely N-dealkylation sites (tertiary alicyclic amines) is 2. The minimum atomic E-state index is -4.77. The van der Waals surface area contributed by atoms with E-state index in [9.17, 15) is 18.0 Å². The topological polar surface area (TPSA) is 78.8 Å². The van der Waals surface area contributed by atoms with E-state index >= 15 is 0 Å². The van der Waals surface area contributed by atoms with Crippen molar-refractivity contribution in [2.24, 2.45) is 0 Å². The van der Waals surface area contributed by atoms with Crippen molar-refractivity contribution < 1.29 is 27.8 Å². The van der Waals surface area contributed by atoms with Crippen LogP contribution in [0.2, 0.25) is 0 Å². The molecule has 1 N–H and O–H groups in total. The molecule has 3 fully saturated rings. The van der Waals surface area contributed by atoms with Gasteiger partial charge in [0.1, 0.15) is 5.75 Å². The number of aliphatic hydroxyl groups excluding tert-OH is 1. The first-order valence-corrected chi connectivity index (χ1v) is 12.5. The number of hydrogen-bond donors (Lipinski definition) is 1. The molecule has 3 aliphatic rings. The lowest BCUT2D eigenvalue weighted by atomic mass is 10.0. The van der Waals surface area contributed by atoms with Crippen LogP contribution in [-0.2, 0) is 0 Å². The number of aromatic nitrogens is 2. The predicted octanol–water partition coefficient (Wildman–Crippen LogP) is 4.54. The summed E-state index contributed by atoms with van der Waals surface area (Å²) in [5.41, 5.74) is 2.28. The summed E-state index contributed by atoms with van der Waals surface area (Å²) in [5, 5.41) is 7.00. The van der Waals surface area contributed by atoms with Gasteiger partial charge in [0.2, 0.25) is 0 Å². The second kappa shape index (κ2) is 11.1. The molecule has 5 rings (SSSR count). The molecule has 0 radical (unpaired) electrons. The quantitative estimate of drug-likeness (QED) is 0.642. The van der Waals surface area contributed by atoms with Crippen molar-refractivity contribution in [3.05, 3.63) is 41.2 Å². The Morgan fingerprint density at radius 1 is 1.03 bits per heavy atom. The summed E-state index contributed by atoms with van der Waals surface area (Å²) in [7, 11) is 1.00. The van der Waals surface area contributed by atoms with E-state index in [1.807, 2.05) is 4.90 Å². The smallest absolute Gasteiger partial charge is 0.406 e. The Labute approximate surface area is 209 Å². The second-order valence-corrected chi connectivity index (χ2v) is 9.51. The SMILES string of the molecule is CO.Cc1nc(-c2cccc(OC(F)(F)F)c2)nc(C2CC2)c1C(=O)N1CCC(N2CCCC2)CC1. The molecule has 7 nitrogen and oxygen atoms in total. The van der Waals surface area contributed by atoms with Gasteiger partial charge in [-0.3, -0.25) is 4.79 Å². The van der Waals surface area contributed by atoms with Crippen LogP contribution in [0, 0.1) is 6.92 Å². The summed E-state index contributed by atoms with van der Waals surface area (Å²) in [4.78, 5) is 27.3. The molecule has 36 heavy (non-hydrogen) atoms. The minimum Gasteiger partial charge on any atom is -0.406 e. The van der Waals surface area contributed by atoms with Gasteiger partial charge >= 0.3 is 6.36 Å². The number of hydrogen-bond acceptors (Lipinski definition) is 6. The maximum atomic E-state index is 13.5. The summed E-state index contributed by atoms with van der Waals surface area (Å²) in [6, 6.07) is 6.22. The second-order valence-electron chi connectivity index (χ2n) is 9.51. The molecular formula is C26H33F3N4O3. The number of rotatable bonds is 5. The molecule has 0 spiro atoms. The molecule has 1 aromatic carbocycles. The maximum absolute atomic E-state index is 13.5. The van der Waals surface area contributed by atoms with Crippen LogP contribution in [0.1, 0.15) is 66.2 Å². The Morgan fingerprint density at radius 2 is 1.69 bits per heavy atom. The lowest BCUT2D eigenvalue weighted by Gasteiger charge is -2.37. The standard InChI is InChI=1S/C25H29F3N4O2.CH4O/c1-16-21(24(33)32-13-9-19(10-14-32)31-11-2-3-12-31)22(17-7-8-17)30-23(29-16)18-5-4-6-20(15-18)34-25(26,27)28;1-2/h4-6,15,17,19H,2-3,7-14H2,1H3;2H,1H3. The first kappa shape index (κ1) is 26.3. The molecule has 2 aromatic rings. The highest BCUT2D eigenvalue weighted by Crippen LogP contribution is 2.42. The van der Waals surface area contributed by atoms with Crippen LogP contribution >= 0.6 is 0 Å². The molecule has 0 unspecified atom stereocenters. The summed E-state index contributed by atoms with van der Waals surface area (Å²) in [6.07, 6.45) is 1.61. The van der Waals surface area contributed by atoms with Gasteiger partial charge in [0.15, 0.2) is 5.82 Å². The third-order valence-corrected chi connectivity index (χ3v) is 7.03. The first-order valence-electron chi connectivity index (χ1n) is 12.5. The molecule has 2 aliphatic heterocycles. The predicted molar refractivity (Wildman–Crippen MR) is 129 cm³/mol. The normalized spacial score (nSPS) is 19.1. The Kier molecular flexibility index (Phi) is 8.14. The molecule has 2 saturated heterocycles. The number of carbonyl (C=O) groups excluding carboxylic acids is 1. The summed E-state index contributed by atoms with van der Waals surface area (Å²) >= 11 is 0. The van der Waals surface area contributed by atoms with E-state index in [4.69, 9.17) is 10.1 Å². The van der Waals surface area contributed by atoms with Gasteiger partial charge in [0.05, 0.1) is 17.0 Å². The van der Waals surface area contributed by atoms with Crippen LogP contribution in [0.4, 0.5) is 13.2 Å². The highest BCUT2D eigenvalue weighted by Gasteiger charge is 2.36. The fourth-order valence-electron chi connectivity index (χ4n) is 5.17. The molecular weight excluding hydrogens is 473 g/mol. The average Bonchev–Trinajstić information content (AvgIpc) is 3.57. The van der Waals surface area contributed by atoms with E-state index in [1.165, 1.54) is 31.0 Å². The molecule has 10 heteroatoms. The largest absolute Gasteiger partial charge is 0.573 e. The molecule has 3 heterocycles. The van der Waals surface area contributed by atoms with Gasteiger partial charge in [-0.25, -0.2) is 9.97 Å². The van der Waals surface area contributed by atoms with Gasteiger partial charge in [-0.1, -0.05) is 12.1 Å². The molecule has 1 aromatic heterocycles. The van der Waals surface area contributed by atoms with Crippen molar-refractivity contribution >= 4 is 5.91 Å². The van der Waals surface area contributed by atoms with Crippen LogP contribution in [0.3, 0.4) is 0 Å². The van der Waals surface area contributed by atoms with Gasteiger partial charge in [-0.2, -0.15) is 0 Å². The van der Waals surface area contributed by atoms with E-state index < -0.39 is 6.36 Å². The van der Waals surface area contributed by atoms with Gasteiger partial charge in [0.25, 0.3) is 5.91 Å². The molecule has 1 aliphatic carbocycles. The maximum Gasteiger partial charge on any atom is 0.573 e. The van der Waals surface area contributed by atoms with Crippen molar-refractivity contribution in [2.75, 3.05) is 33.3 Å². The number of carbonyl (C=O) groups is 1. The number of aliphatic hydroxyl groups is 1. The Morgan fingerprint density at radius 3 is 2.31 bits per heavy atom. The van der Waals surface area contributed by atoms with Crippen LogP contribution in [0.5, 0.6) is 5.75 Å². The highest BCUT2D eigenvalue weighted by atomic mass is 19.4. The Balaban J connectivity index is 0.00000148. The van der Waals surface area contributed by atoms with E-state index in [-0.39, 0.29) is 17.6 Å². The van der Waals surface area contributed by atoms with E-state index in [1.54, 1.807) is 13.0 Å². The zero-order valence-electron chi connectivity index (χ0n) is 20.7. The van der Waals surface area contributed by atoms with E-state index in [0.717, 1.165) is 64.7 Å². The summed E-state index contributed by atoms with van der Waals surface area (Å²) < 4.78 is 42.0. The lowest BCUT2D eigenvalue weighted by Crippen LogP contribution is -2.46. The van der Waals surface area contributed by atoms with Gasteiger partial charge in [0, 0.05) is 37.7 Å². The van der Waals surface area contributed by atoms with Crippen LogP contribution in [0.15, 0.2) is 24.3 Å². The lowest BCUT2D eigenvalue weighted by molar-refractivity contribution is -0.274. The number of benzene rings is 1. The van der Waals surface area contributed by atoms with Crippen molar-refractivity contribution in [1.29, 1.82) is 0 Å². The van der Waals surface area contributed by atoms with Gasteiger partial charge in [-0.15, -0.1) is 13.2 Å². The Hall–Kier alpha value is -2.72. The number of ether oxygens (including phenoxy) is 1. The number of alkyl halides is 3. The van der Waals surface area contributed by atoms with Crippen molar-refractivity contribution in [3.8, 4) is 17.1 Å². The number of halogens is 3. The van der Waals surface area contributed by atoms with E-state index in [2.05, 4.69) is 14.6 Å². The molecule has 0 atom stereocenters. The minimum absolute atomic E-state index is 0.0278. The number of piperidine rings is 1. The first-order chi connectivity index (χ1) is 17.3. The van der Waals surface area contributed by atoms with Crippen LogP contribution in [0.25, 0.3) is 11.4 Å². The zero-order chi connectivity index (χ0) is 25.9. The van der Waals surface area contributed by atoms with Crippen molar-refractivity contribution in [1.82, 2.24) is 19.8 Å². The Bertz CT molecular complexity index is 1060. The number of nitrogens with zero attached hydrogens (tertiary/aromatic N) is 4. The van der Waals surface area contributed by atoms with Crippen LogP contribution in [-0.4, -0.2) is 76.5 Å². The monoisotopic (exact) mass is 506 g/mol. The average molecular weight is 507 g/mol. The third-order valence-electron chi connectivity index (χ3n) is 7.03. The molecule has 1 amide bonds. The number of amides is 1. The molecule has 196 valence electrons. The summed E-state index contributed by atoms with van der Waals surface area (Å²) in [6.45, 7) is 5.56. The fraction of sp³-hybridized carbons (Fsp3) is 0.577. The number of aryl methyl sites for hydroxylation is 1. The van der Waals surface area contributed by atoms with Crippen molar-refractivity contribution in [2.45, 2.75) is 63.8 Å². The van der Waals surface area contributed by atoms with Crippen molar-refractivity contribution in [3.63, 3.8) is 0 Å². The fourth-order valence-corrected chi connectivity index (χ4v) is 5.17. The highest BCUT2D eigenvalue weighted by molar-refractivity contribution is 5.97. The van der Waals surface area contributed by atoms with Crippen LogP contribution < -0.4 is 4.74 Å². The molecule has 0 bridgehead atoms. The van der Waals surface area contributed by atoms with Gasteiger partial charge < -0.3 is 19.6 Å². The molecule has 1 saturated carbocycles.